The molecule has 2 aromatic heterocycles. The average molecular weight is 665 g/mol. The molecule has 0 atom stereocenters. The van der Waals surface area contributed by atoms with Crippen molar-refractivity contribution in [1.29, 1.82) is 0 Å². The highest BCUT2D eigenvalue weighted by molar-refractivity contribution is 6.00. The van der Waals surface area contributed by atoms with Gasteiger partial charge in [-0.1, -0.05) is 170 Å². The fraction of sp³-hybridized carbons (Fsp3) is 0. The Labute approximate surface area is 302 Å². The lowest BCUT2D eigenvalue weighted by Gasteiger charge is -2.13. The van der Waals surface area contributed by atoms with E-state index in [1.165, 1.54) is 0 Å². The van der Waals surface area contributed by atoms with Crippen molar-refractivity contribution in [2.45, 2.75) is 0 Å². The molecule has 0 fully saturated rings. The number of hydrogen-bond donors (Lipinski definition) is 0. The molecule has 4 nitrogen and oxygen atoms in total. The third-order valence-corrected chi connectivity index (χ3v) is 9.31. The summed E-state index contributed by atoms with van der Waals surface area (Å²) in [5, 5.41) is 2.28. The number of aromatic nitrogens is 4. The third kappa shape index (κ3) is 6.26. The highest BCUT2D eigenvalue weighted by Crippen LogP contribution is 2.36. The molecular formula is C48H32N4. The van der Waals surface area contributed by atoms with Gasteiger partial charge in [-0.05, 0) is 57.3 Å². The van der Waals surface area contributed by atoms with E-state index in [9.17, 15) is 0 Å². The van der Waals surface area contributed by atoms with Crippen LogP contribution < -0.4 is 0 Å². The lowest BCUT2D eigenvalue weighted by atomic mass is 9.94. The van der Waals surface area contributed by atoms with Crippen molar-refractivity contribution in [3.8, 4) is 78.9 Å². The number of nitrogens with zero attached hydrogens (tertiary/aromatic N) is 4. The van der Waals surface area contributed by atoms with Crippen LogP contribution in [0.3, 0.4) is 0 Å². The summed E-state index contributed by atoms with van der Waals surface area (Å²) in [5.41, 5.74) is 11.3. The molecule has 0 radical (unpaired) electrons. The van der Waals surface area contributed by atoms with Crippen molar-refractivity contribution in [2.75, 3.05) is 0 Å². The molecule has 0 aliphatic carbocycles. The van der Waals surface area contributed by atoms with Gasteiger partial charge in [-0.15, -0.1) is 0 Å². The van der Waals surface area contributed by atoms with Gasteiger partial charge >= 0.3 is 0 Å². The predicted octanol–water partition coefficient (Wildman–Crippen LogP) is 12.1. The summed E-state index contributed by atoms with van der Waals surface area (Å²) < 4.78 is 0. The number of pyridine rings is 1. The van der Waals surface area contributed by atoms with Crippen LogP contribution in [0.25, 0.3) is 89.7 Å². The summed E-state index contributed by atoms with van der Waals surface area (Å²) in [6, 6.07) is 67.0. The maximum Gasteiger partial charge on any atom is 0.164 e. The zero-order valence-electron chi connectivity index (χ0n) is 28.3. The SMILES string of the molecule is c1ccc(-c2cc(-c3ccccc3)nc(-c3ccc(-c4cc(-c5nc(-c6ccccc6)nc(-c6ccccc6)n5)cc5ccccc45)cc3)c2)cc1. The Hall–Kier alpha value is -7.04. The van der Waals surface area contributed by atoms with E-state index >= 15 is 0 Å². The average Bonchev–Trinajstić information content (AvgIpc) is 3.24. The van der Waals surface area contributed by atoms with Crippen LogP contribution in [-0.2, 0) is 0 Å². The van der Waals surface area contributed by atoms with Crippen LogP contribution >= 0.6 is 0 Å². The van der Waals surface area contributed by atoms with Gasteiger partial charge in [0.2, 0.25) is 0 Å². The van der Waals surface area contributed by atoms with Gasteiger partial charge < -0.3 is 0 Å². The number of fused-ring (bicyclic) bond motifs is 1. The molecule has 0 N–H and O–H groups in total. The van der Waals surface area contributed by atoms with Gasteiger partial charge in [0.05, 0.1) is 11.4 Å². The molecule has 2 heterocycles. The Morgan fingerprint density at radius 3 is 1.23 bits per heavy atom. The summed E-state index contributed by atoms with van der Waals surface area (Å²) in [6.45, 7) is 0. The maximum atomic E-state index is 5.15. The minimum atomic E-state index is 0.631. The van der Waals surface area contributed by atoms with Gasteiger partial charge in [0.25, 0.3) is 0 Å². The molecule has 0 saturated carbocycles. The Morgan fingerprint density at radius 2 is 0.673 bits per heavy atom. The fourth-order valence-corrected chi connectivity index (χ4v) is 6.67. The molecule has 9 aromatic rings. The normalized spacial score (nSPS) is 11.1. The summed E-state index contributed by atoms with van der Waals surface area (Å²) >= 11 is 0. The monoisotopic (exact) mass is 664 g/mol. The second-order valence-electron chi connectivity index (χ2n) is 12.7. The number of benzene rings is 7. The maximum absolute atomic E-state index is 5.15. The molecule has 7 aromatic carbocycles. The van der Waals surface area contributed by atoms with E-state index < -0.39 is 0 Å². The van der Waals surface area contributed by atoms with Crippen molar-refractivity contribution in [2.24, 2.45) is 0 Å². The molecule has 52 heavy (non-hydrogen) atoms. The van der Waals surface area contributed by atoms with Crippen LogP contribution in [0, 0.1) is 0 Å². The van der Waals surface area contributed by atoms with Crippen molar-refractivity contribution in [3.05, 3.63) is 194 Å². The second kappa shape index (κ2) is 13.7. The zero-order chi connectivity index (χ0) is 34.7. The Balaban J connectivity index is 1.16. The molecule has 0 amide bonds. The van der Waals surface area contributed by atoms with Crippen LogP contribution in [0.1, 0.15) is 0 Å². The van der Waals surface area contributed by atoms with Crippen LogP contribution in [0.15, 0.2) is 194 Å². The molecule has 0 spiro atoms. The minimum absolute atomic E-state index is 0.631. The van der Waals surface area contributed by atoms with Gasteiger partial charge in [0, 0.05) is 27.8 Å². The van der Waals surface area contributed by atoms with Gasteiger partial charge in [-0.25, -0.2) is 19.9 Å². The highest BCUT2D eigenvalue weighted by Gasteiger charge is 2.16. The molecule has 4 heteroatoms. The lowest BCUT2D eigenvalue weighted by molar-refractivity contribution is 1.07. The van der Waals surface area contributed by atoms with Crippen molar-refractivity contribution in [1.82, 2.24) is 19.9 Å². The van der Waals surface area contributed by atoms with Gasteiger partial charge in [0.1, 0.15) is 0 Å². The van der Waals surface area contributed by atoms with E-state index in [2.05, 4.69) is 121 Å². The summed E-state index contributed by atoms with van der Waals surface area (Å²) in [7, 11) is 0. The first kappa shape index (κ1) is 31.0. The largest absolute Gasteiger partial charge is 0.248 e. The molecule has 0 unspecified atom stereocenters. The van der Waals surface area contributed by atoms with Crippen molar-refractivity contribution >= 4 is 10.8 Å². The summed E-state index contributed by atoms with van der Waals surface area (Å²) in [4.78, 5) is 20.1. The second-order valence-corrected chi connectivity index (χ2v) is 12.7. The van der Waals surface area contributed by atoms with E-state index in [0.29, 0.717) is 17.5 Å². The molecule has 0 aliphatic heterocycles. The van der Waals surface area contributed by atoms with Crippen molar-refractivity contribution < 1.29 is 0 Å². The van der Waals surface area contributed by atoms with Crippen LogP contribution in [0.5, 0.6) is 0 Å². The Kier molecular flexibility index (Phi) is 8.16. The molecule has 0 saturated heterocycles. The summed E-state index contributed by atoms with van der Waals surface area (Å²) in [6.07, 6.45) is 0. The molecule has 0 bridgehead atoms. The predicted molar refractivity (Wildman–Crippen MR) is 213 cm³/mol. The van der Waals surface area contributed by atoms with Gasteiger partial charge in [0.15, 0.2) is 17.5 Å². The quantitative estimate of drug-likeness (QED) is 0.170. The van der Waals surface area contributed by atoms with Gasteiger partial charge in [-0.2, -0.15) is 0 Å². The Morgan fingerprint density at radius 1 is 0.250 bits per heavy atom. The third-order valence-electron chi connectivity index (χ3n) is 9.31. The van der Waals surface area contributed by atoms with Crippen LogP contribution in [0.4, 0.5) is 0 Å². The highest BCUT2D eigenvalue weighted by atomic mass is 15.0. The first-order chi connectivity index (χ1) is 25.7. The molecule has 244 valence electrons. The molecule has 0 aliphatic rings. The van der Waals surface area contributed by atoms with Crippen LogP contribution in [-0.4, -0.2) is 19.9 Å². The van der Waals surface area contributed by atoms with E-state index in [1.807, 2.05) is 72.8 Å². The Bertz CT molecular complexity index is 2530. The van der Waals surface area contributed by atoms with E-state index in [0.717, 1.165) is 72.2 Å². The summed E-state index contributed by atoms with van der Waals surface area (Å²) in [5.74, 6) is 1.92. The fourth-order valence-electron chi connectivity index (χ4n) is 6.67. The first-order valence-electron chi connectivity index (χ1n) is 17.4. The molecule has 9 rings (SSSR count). The zero-order valence-corrected chi connectivity index (χ0v) is 28.3. The first-order valence-corrected chi connectivity index (χ1v) is 17.4. The van der Waals surface area contributed by atoms with Crippen molar-refractivity contribution in [3.63, 3.8) is 0 Å². The standard InChI is InChI=1S/C48H32N4/c1-5-15-33(16-6-1)40-31-44(35-17-7-2-8-18-35)49-45(32-40)36-27-25-34(26-28-36)43-30-41(29-39-23-13-14-24-42(39)43)48-51-46(37-19-9-3-10-20-37)50-47(52-48)38-21-11-4-12-22-38/h1-32H. The lowest BCUT2D eigenvalue weighted by Crippen LogP contribution is -2.00. The minimum Gasteiger partial charge on any atom is -0.248 e. The van der Waals surface area contributed by atoms with E-state index in [-0.39, 0.29) is 0 Å². The van der Waals surface area contributed by atoms with E-state index in [4.69, 9.17) is 19.9 Å². The number of rotatable bonds is 7. The van der Waals surface area contributed by atoms with Crippen LogP contribution in [0.2, 0.25) is 0 Å². The number of hydrogen-bond acceptors (Lipinski definition) is 4. The van der Waals surface area contributed by atoms with Gasteiger partial charge in [-0.3, -0.25) is 0 Å². The molecular weight excluding hydrogens is 633 g/mol. The van der Waals surface area contributed by atoms with E-state index in [1.54, 1.807) is 0 Å². The smallest absolute Gasteiger partial charge is 0.164 e. The topological polar surface area (TPSA) is 51.6 Å².